The predicted molar refractivity (Wildman–Crippen MR) is 67.9 cm³/mol. The highest BCUT2D eigenvalue weighted by atomic mass is 35.5. The smallest absolute Gasteiger partial charge is 0.270 e. The first kappa shape index (κ1) is 12.3. The first-order valence-electron chi connectivity index (χ1n) is 5.12. The minimum absolute atomic E-state index is 0.170. The SMILES string of the molecule is Cn1nnc(NC(=O)/C=C/c2ccc(Cl)cc2)n1. The number of halogens is 1. The number of nitrogens with one attached hydrogen (secondary N) is 1. The van der Waals surface area contributed by atoms with Gasteiger partial charge in [-0.25, -0.2) is 0 Å². The summed E-state index contributed by atoms with van der Waals surface area (Å²) in [6.45, 7) is 0. The Morgan fingerprint density at radius 3 is 2.72 bits per heavy atom. The molecule has 1 N–H and O–H groups in total. The van der Waals surface area contributed by atoms with Crippen LogP contribution < -0.4 is 5.32 Å². The van der Waals surface area contributed by atoms with Crippen molar-refractivity contribution in [3.63, 3.8) is 0 Å². The van der Waals surface area contributed by atoms with E-state index in [2.05, 4.69) is 20.7 Å². The van der Waals surface area contributed by atoms with Crippen LogP contribution in [0.4, 0.5) is 5.95 Å². The number of carbonyl (C=O) groups excluding carboxylic acids is 1. The average Bonchev–Trinajstić information content (AvgIpc) is 2.74. The zero-order valence-electron chi connectivity index (χ0n) is 9.54. The Kier molecular flexibility index (Phi) is 3.69. The zero-order chi connectivity index (χ0) is 13.0. The van der Waals surface area contributed by atoms with Crippen LogP contribution in [0.5, 0.6) is 0 Å². The van der Waals surface area contributed by atoms with Crippen LogP contribution in [0.1, 0.15) is 5.56 Å². The van der Waals surface area contributed by atoms with Crippen molar-refractivity contribution < 1.29 is 4.79 Å². The van der Waals surface area contributed by atoms with E-state index in [1.54, 1.807) is 25.3 Å². The van der Waals surface area contributed by atoms with Gasteiger partial charge in [-0.2, -0.15) is 4.80 Å². The molecule has 0 radical (unpaired) electrons. The topological polar surface area (TPSA) is 72.7 Å². The van der Waals surface area contributed by atoms with Crippen LogP contribution in [0, 0.1) is 0 Å². The van der Waals surface area contributed by atoms with Crippen LogP contribution in [-0.4, -0.2) is 26.1 Å². The molecule has 0 saturated carbocycles. The van der Waals surface area contributed by atoms with Gasteiger partial charge in [-0.3, -0.25) is 10.1 Å². The fraction of sp³-hybridized carbons (Fsp3) is 0.0909. The Balaban J connectivity index is 1.96. The van der Waals surface area contributed by atoms with Gasteiger partial charge in [0.25, 0.3) is 11.9 Å². The highest BCUT2D eigenvalue weighted by molar-refractivity contribution is 6.30. The maximum absolute atomic E-state index is 11.5. The molecule has 0 aliphatic heterocycles. The van der Waals surface area contributed by atoms with Crippen LogP contribution in [0.2, 0.25) is 5.02 Å². The Morgan fingerprint density at radius 2 is 2.11 bits per heavy atom. The van der Waals surface area contributed by atoms with Gasteiger partial charge in [0.05, 0.1) is 7.05 Å². The van der Waals surface area contributed by atoms with Gasteiger partial charge >= 0.3 is 0 Å². The van der Waals surface area contributed by atoms with Crippen LogP contribution in [0.3, 0.4) is 0 Å². The van der Waals surface area contributed by atoms with Crippen molar-refractivity contribution in [2.75, 3.05) is 5.32 Å². The number of amides is 1. The number of hydrogen-bond acceptors (Lipinski definition) is 4. The lowest BCUT2D eigenvalue weighted by Gasteiger charge is -1.95. The lowest BCUT2D eigenvalue weighted by atomic mass is 10.2. The summed E-state index contributed by atoms with van der Waals surface area (Å²) in [5, 5.41) is 14.2. The van der Waals surface area contributed by atoms with Gasteiger partial charge in [-0.05, 0) is 29.0 Å². The van der Waals surface area contributed by atoms with Gasteiger partial charge in [0.1, 0.15) is 0 Å². The van der Waals surface area contributed by atoms with Crippen molar-refractivity contribution in [1.29, 1.82) is 0 Å². The molecule has 6 nitrogen and oxygen atoms in total. The third-order valence-electron chi connectivity index (χ3n) is 2.04. The van der Waals surface area contributed by atoms with Crippen LogP contribution >= 0.6 is 11.6 Å². The van der Waals surface area contributed by atoms with Gasteiger partial charge in [0.15, 0.2) is 0 Å². The molecule has 2 aromatic rings. The van der Waals surface area contributed by atoms with Gasteiger partial charge < -0.3 is 0 Å². The number of anilines is 1. The molecule has 1 amide bonds. The molecule has 0 aliphatic carbocycles. The van der Waals surface area contributed by atoms with Crippen LogP contribution in [-0.2, 0) is 11.8 Å². The van der Waals surface area contributed by atoms with E-state index in [4.69, 9.17) is 11.6 Å². The van der Waals surface area contributed by atoms with Gasteiger partial charge in [-0.15, -0.1) is 5.10 Å². The molecule has 0 bridgehead atoms. The number of nitrogens with zero attached hydrogens (tertiary/aromatic N) is 4. The highest BCUT2D eigenvalue weighted by Gasteiger charge is 2.02. The predicted octanol–water partition coefficient (Wildman–Crippen LogP) is 1.52. The molecule has 7 heteroatoms. The number of hydrogen-bond donors (Lipinski definition) is 1. The molecule has 0 fully saturated rings. The quantitative estimate of drug-likeness (QED) is 0.852. The van der Waals surface area contributed by atoms with E-state index in [1.807, 2.05) is 12.1 Å². The average molecular weight is 264 g/mol. The van der Waals surface area contributed by atoms with Crippen molar-refractivity contribution in [3.8, 4) is 0 Å². The molecule has 1 aromatic heterocycles. The fourth-order valence-corrected chi connectivity index (χ4v) is 1.36. The molecule has 0 aliphatic rings. The summed E-state index contributed by atoms with van der Waals surface area (Å²) in [5.41, 5.74) is 0.877. The van der Waals surface area contributed by atoms with Crippen LogP contribution in [0.15, 0.2) is 30.3 Å². The minimum atomic E-state index is -0.321. The molecule has 0 spiro atoms. The molecule has 2 rings (SSSR count). The monoisotopic (exact) mass is 263 g/mol. The molecule has 0 atom stereocenters. The second-order valence-electron chi connectivity index (χ2n) is 3.48. The number of aryl methyl sites for hydroxylation is 1. The maximum atomic E-state index is 11.5. The third-order valence-corrected chi connectivity index (χ3v) is 2.29. The molecular weight excluding hydrogens is 254 g/mol. The third kappa shape index (κ3) is 3.39. The van der Waals surface area contributed by atoms with Crippen molar-refractivity contribution in [2.24, 2.45) is 7.05 Å². The summed E-state index contributed by atoms with van der Waals surface area (Å²) < 4.78 is 0. The fourth-order valence-electron chi connectivity index (χ4n) is 1.23. The molecule has 0 saturated heterocycles. The van der Waals surface area contributed by atoms with Crippen LogP contribution in [0.25, 0.3) is 6.08 Å². The standard InChI is InChI=1S/C11H10ClN5O/c1-17-15-11(14-16-17)13-10(18)7-4-8-2-5-9(12)6-3-8/h2-7H,1H3,(H,13,15,18)/b7-4+. The first-order chi connectivity index (χ1) is 8.63. The summed E-state index contributed by atoms with van der Waals surface area (Å²) in [4.78, 5) is 12.8. The number of rotatable bonds is 3. The molecule has 92 valence electrons. The van der Waals surface area contributed by atoms with E-state index in [0.717, 1.165) is 5.56 Å². The van der Waals surface area contributed by atoms with Gasteiger partial charge in [0, 0.05) is 11.1 Å². The number of carbonyl (C=O) groups is 1. The molecule has 1 aromatic carbocycles. The van der Waals surface area contributed by atoms with E-state index >= 15 is 0 Å². The second kappa shape index (κ2) is 5.42. The van der Waals surface area contributed by atoms with Gasteiger partial charge in [0.2, 0.25) is 0 Å². The molecule has 18 heavy (non-hydrogen) atoms. The lowest BCUT2D eigenvalue weighted by molar-refractivity contribution is -0.111. The number of aromatic nitrogens is 4. The van der Waals surface area contributed by atoms with Crippen molar-refractivity contribution in [2.45, 2.75) is 0 Å². The van der Waals surface area contributed by atoms with Crippen molar-refractivity contribution >= 4 is 29.5 Å². The number of benzene rings is 1. The Morgan fingerprint density at radius 1 is 1.39 bits per heavy atom. The Bertz CT molecular complexity index is 575. The first-order valence-corrected chi connectivity index (χ1v) is 5.50. The Labute approximate surface area is 108 Å². The van der Waals surface area contributed by atoms with E-state index < -0.39 is 0 Å². The Hall–Kier alpha value is -2.21. The summed E-state index contributed by atoms with van der Waals surface area (Å²) in [7, 11) is 1.62. The molecular formula is C11H10ClN5O. The van der Waals surface area contributed by atoms with E-state index in [-0.39, 0.29) is 11.9 Å². The molecule has 0 unspecified atom stereocenters. The normalized spacial score (nSPS) is 10.8. The summed E-state index contributed by atoms with van der Waals surface area (Å²) in [5.74, 6) is -0.152. The number of tetrazole rings is 1. The van der Waals surface area contributed by atoms with Gasteiger partial charge in [-0.1, -0.05) is 28.8 Å². The summed E-state index contributed by atoms with van der Waals surface area (Å²) in [6, 6.07) is 7.13. The maximum Gasteiger partial charge on any atom is 0.270 e. The second-order valence-corrected chi connectivity index (χ2v) is 3.91. The largest absolute Gasteiger partial charge is 0.288 e. The van der Waals surface area contributed by atoms with E-state index in [1.165, 1.54) is 10.9 Å². The zero-order valence-corrected chi connectivity index (χ0v) is 10.3. The lowest BCUT2D eigenvalue weighted by Crippen LogP contribution is -2.09. The van der Waals surface area contributed by atoms with Crippen molar-refractivity contribution in [3.05, 3.63) is 40.9 Å². The molecule has 1 heterocycles. The minimum Gasteiger partial charge on any atom is -0.288 e. The van der Waals surface area contributed by atoms with E-state index in [9.17, 15) is 4.79 Å². The van der Waals surface area contributed by atoms with Crippen molar-refractivity contribution in [1.82, 2.24) is 20.2 Å². The summed E-state index contributed by atoms with van der Waals surface area (Å²) >= 11 is 5.75. The highest BCUT2D eigenvalue weighted by Crippen LogP contribution is 2.10. The summed E-state index contributed by atoms with van der Waals surface area (Å²) in [6.07, 6.45) is 3.06. The van der Waals surface area contributed by atoms with E-state index in [0.29, 0.717) is 5.02 Å².